The molecule has 31 heavy (non-hydrogen) atoms. The fraction of sp³-hybridized carbons (Fsp3) is 0.318. The second kappa shape index (κ2) is 7.82. The van der Waals surface area contributed by atoms with Crippen LogP contribution in [0.15, 0.2) is 42.6 Å². The Hall–Kier alpha value is -3.75. The molecule has 2 N–H and O–H groups in total. The molecule has 4 heterocycles. The first kappa shape index (κ1) is 19.2. The number of rotatable bonds is 4. The average molecular weight is 416 g/mol. The number of hydrogen-bond acceptors (Lipinski definition) is 6. The number of nitrogens with zero attached hydrogens (tertiary/aromatic N) is 6. The molecule has 9 nitrogen and oxygen atoms in total. The monoisotopic (exact) mass is 416 g/mol. The van der Waals surface area contributed by atoms with Crippen molar-refractivity contribution in [3.05, 3.63) is 54.0 Å². The van der Waals surface area contributed by atoms with E-state index < -0.39 is 0 Å². The van der Waals surface area contributed by atoms with Gasteiger partial charge in [-0.2, -0.15) is 10.2 Å². The molecule has 1 unspecified atom stereocenters. The van der Waals surface area contributed by atoms with Crippen LogP contribution in [0.5, 0.6) is 0 Å². The number of carbonyl (C=O) groups is 1. The Labute approximate surface area is 179 Å². The van der Waals surface area contributed by atoms with Crippen LogP contribution in [0, 0.1) is 19.8 Å². The molecule has 1 atom stereocenters. The van der Waals surface area contributed by atoms with Crippen molar-refractivity contribution >= 4 is 28.3 Å². The van der Waals surface area contributed by atoms with Gasteiger partial charge >= 0.3 is 0 Å². The third kappa shape index (κ3) is 3.86. The van der Waals surface area contributed by atoms with E-state index in [4.69, 9.17) is 0 Å². The summed E-state index contributed by atoms with van der Waals surface area (Å²) in [5.41, 5.74) is 3.64. The number of piperidine rings is 1. The molecule has 1 aliphatic rings. The number of benzene rings is 1. The average Bonchev–Trinajstić information content (AvgIpc) is 3.39. The molecule has 0 radical (unpaired) electrons. The number of amides is 1. The van der Waals surface area contributed by atoms with Crippen molar-refractivity contribution in [3.63, 3.8) is 0 Å². The Balaban J connectivity index is 1.27. The standard InChI is InChI=1S/C22H24N8O/c1-14-10-15(2)30(28-14)21-8-7-20(26-27-21)29-9-3-4-17(13-29)22(31)24-18-6-5-16-12-23-25-19(16)11-18/h5-8,10-12,17H,3-4,9,13H2,1-2H3,(H,23,25)(H,24,31). The number of aromatic nitrogens is 6. The maximum absolute atomic E-state index is 12.9. The van der Waals surface area contributed by atoms with E-state index in [0.29, 0.717) is 12.4 Å². The maximum Gasteiger partial charge on any atom is 0.229 e. The summed E-state index contributed by atoms with van der Waals surface area (Å²) in [6.45, 7) is 5.43. The Morgan fingerprint density at radius 2 is 1.97 bits per heavy atom. The molecule has 0 saturated carbocycles. The van der Waals surface area contributed by atoms with Gasteiger partial charge in [0.2, 0.25) is 5.91 Å². The van der Waals surface area contributed by atoms with Crippen molar-refractivity contribution in [3.8, 4) is 5.82 Å². The molecule has 1 aliphatic heterocycles. The molecule has 0 aliphatic carbocycles. The topological polar surface area (TPSA) is 105 Å². The number of anilines is 2. The van der Waals surface area contributed by atoms with Crippen LogP contribution in [-0.4, -0.2) is 49.2 Å². The number of nitrogens with one attached hydrogen (secondary N) is 2. The van der Waals surface area contributed by atoms with E-state index in [9.17, 15) is 4.79 Å². The van der Waals surface area contributed by atoms with E-state index >= 15 is 0 Å². The normalized spacial score (nSPS) is 16.6. The second-order valence-electron chi connectivity index (χ2n) is 8.04. The van der Waals surface area contributed by atoms with Crippen LogP contribution in [0.4, 0.5) is 11.5 Å². The largest absolute Gasteiger partial charge is 0.354 e. The number of aromatic amines is 1. The predicted octanol–water partition coefficient (Wildman–Crippen LogP) is 3.01. The molecule has 1 saturated heterocycles. The summed E-state index contributed by atoms with van der Waals surface area (Å²) >= 11 is 0. The summed E-state index contributed by atoms with van der Waals surface area (Å²) in [6.07, 6.45) is 3.55. The van der Waals surface area contributed by atoms with Gasteiger partial charge in [-0.05, 0) is 63.1 Å². The van der Waals surface area contributed by atoms with Crippen LogP contribution in [-0.2, 0) is 4.79 Å². The number of fused-ring (bicyclic) bond motifs is 1. The van der Waals surface area contributed by atoms with Crippen LogP contribution in [0.3, 0.4) is 0 Å². The second-order valence-corrected chi connectivity index (χ2v) is 8.04. The molecule has 0 spiro atoms. The van der Waals surface area contributed by atoms with Crippen LogP contribution in [0.25, 0.3) is 16.7 Å². The molecule has 3 aromatic heterocycles. The van der Waals surface area contributed by atoms with E-state index in [1.54, 1.807) is 10.9 Å². The van der Waals surface area contributed by atoms with Crippen molar-refractivity contribution in [2.75, 3.05) is 23.3 Å². The summed E-state index contributed by atoms with van der Waals surface area (Å²) in [5, 5.41) is 24.2. The van der Waals surface area contributed by atoms with Gasteiger partial charge in [-0.3, -0.25) is 9.89 Å². The van der Waals surface area contributed by atoms with Gasteiger partial charge in [0, 0.05) is 29.9 Å². The van der Waals surface area contributed by atoms with Gasteiger partial charge in [0.25, 0.3) is 0 Å². The lowest BCUT2D eigenvalue weighted by Crippen LogP contribution is -2.41. The van der Waals surface area contributed by atoms with Crippen molar-refractivity contribution < 1.29 is 4.79 Å². The first-order valence-corrected chi connectivity index (χ1v) is 10.4. The van der Waals surface area contributed by atoms with E-state index in [-0.39, 0.29) is 11.8 Å². The van der Waals surface area contributed by atoms with E-state index in [0.717, 1.165) is 53.2 Å². The van der Waals surface area contributed by atoms with E-state index in [1.807, 2.05) is 50.2 Å². The lowest BCUT2D eigenvalue weighted by Gasteiger charge is -2.32. The summed E-state index contributed by atoms with van der Waals surface area (Å²) in [6, 6.07) is 11.6. The first-order valence-electron chi connectivity index (χ1n) is 10.4. The zero-order valence-electron chi connectivity index (χ0n) is 17.5. The molecule has 0 bridgehead atoms. The summed E-state index contributed by atoms with van der Waals surface area (Å²) in [7, 11) is 0. The SMILES string of the molecule is Cc1cc(C)n(-c2ccc(N3CCCC(C(=O)Nc4ccc5cn[nH]c5c4)C3)nn2)n1. The summed E-state index contributed by atoms with van der Waals surface area (Å²) in [4.78, 5) is 15.0. The lowest BCUT2D eigenvalue weighted by molar-refractivity contribution is -0.120. The van der Waals surface area contributed by atoms with Crippen LogP contribution >= 0.6 is 0 Å². The highest BCUT2D eigenvalue weighted by Gasteiger charge is 2.27. The Kier molecular flexibility index (Phi) is 4.85. The Morgan fingerprint density at radius 3 is 2.74 bits per heavy atom. The maximum atomic E-state index is 12.9. The van der Waals surface area contributed by atoms with Gasteiger partial charge in [-0.1, -0.05) is 0 Å². The van der Waals surface area contributed by atoms with Crippen LogP contribution in [0.2, 0.25) is 0 Å². The van der Waals surface area contributed by atoms with E-state index in [2.05, 4.69) is 35.7 Å². The van der Waals surface area contributed by atoms with Gasteiger partial charge in [0.15, 0.2) is 11.6 Å². The van der Waals surface area contributed by atoms with Gasteiger partial charge in [-0.15, -0.1) is 10.2 Å². The van der Waals surface area contributed by atoms with Gasteiger partial charge < -0.3 is 10.2 Å². The molecule has 5 rings (SSSR count). The highest BCUT2D eigenvalue weighted by molar-refractivity contribution is 5.95. The van der Waals surface area contributed by atoms with Crippen LogP contribution in [0.1, 0.15) is 24.2 Å². The Morgan fingerprint density at radius 1 is 1.13 bits per heavy atom. The minimum absolute atomic E-state index is 0.0239. The molecule has 158 valence electrons. The molecule has 4 aromatic rings. The van der Waals surface area contributed by atoms with E-state index in [1.165, 1.54) is 0 Å². The van der Waals surface area contributed by atoms with Gasteiger partial charge in [0.1, 0.15) is 0 Å². The fourth-order valence-corrected chi connectivity index (χ4v) is 4.12. The quantitative estimate of drug-likeness (QED) is 0.530. The number of hydrogen-bond donors (Lipinski definition) is 2. The van der Waals surface area contributed by atoms with Gasteiger partial charge in [0.05, 0.1) is 23.3 Å². The van der Waals surface area contributed by atoms with Crippen molar-refractivity contribution in [2.45, 2.75) is 26.7 Å². The minimum atomic E-state index is -0.108. The molecular weight excluding hydrogens is 392 g/mol. The van der Waals surface area contributed by atoms with Gasteiger partial charge in [-0.25, -0.2) is 4.68 Å². The third-order valence-electron chi connectivity index (χ3n) is 5.69. The number of H-pyrrole nitrogens is 1. The third-order valence-corrected chi connectivity index (χ3v) is 5.69. The van der Waals surface area contributed by atoms with Crippen molar-refractivity contribution in [1.29, 1.82) is 0 Å². The zero-order valence-corrected chi connectivity index (χ0v) is 17.5. The van der Waals surface area contributed by atoms with Crippen molar-refractivity contribution in [1.82, 2.24) is 30.2 Å². The highest BCUT2D eigenvalue weighted by Crippen LogP contribution is 2.24. The number of aryl methyl sites for hydroxylation is 2. The molecule has 1 aromatic carbocycles. The van der Waals surface area contributed by atoms with Crippen LogP contribution < -0.4 is 10.2 Å². The fourth-order valence-electron chi connectivity index (χ4n) is 4.12. The molecule has 1 amide bonds. The number of carbonyl (C=O) groups excluding carboxylic acids is 1. The van der Waals surface area contributed by atoms with Crippen molar-refractivity contribution in [2.24, 2.45) is 5.92 Å². The minimum Gasteiger partial charge on any atom is -0.354 e. The molecule has 9 heteroatoms. The molecule has 1 fully saturated rings. The summed E-state index contributed by atoms with van der Waals surface area (Å²) < 4.78 is 1.79. The highest BCUT2D eigenvalue weighted by atomic mass is 16.1. The first-order chi connectivity index (χ1) is 15.1. The zero-order chi connectivity index (χ0) is 21.4. The Bertz CT molecular complexity index is 1230. The lowest BCUT2D eigenvalue weighted by atomic mass is 9.97. The summed E-state index contributed by atoms with van der Waals surface area (Å²) in [5.74, 6) is 1.39. The smallest absolute Gasteiger partial charge is 0.229 e. The predicted molar refractivity (Wildman–Crippen MR) is 118 cm³/mol. The molecular formula is C22H24N8O.